The van der Waals surface area contributed by atoms with Crippen molar-refractivity contribution in [3.8, 4) is 0 Å². The highest BCUT2D eigenvalue weighted by Crippen LogP contribution is 2.32. The molecule has 0 bridgehead atoms. The summed E-state index contributed by atoms with van der Waals surface area (Å²) in [6, 6.07) is 0.00586. The zero-order chi connectivity index (χ0) is 10.6. The molecule has 1 rings (SSSR count). The third-order valence-corrected chi connectivity index (χ3v) is 2.90. The first-order valence-corrected chi connectivity index (χ1v) is 5.71. The molecule has 0 aliphatic heterocycles. The Morgan fingerprint density at radius 1 is 1.57 bits per heavy atom. The molecule has 1 saturated carbocycles. The lowest BCUT2D eigenvalue weighted by Crippen LogP contribution is -2.45. The van der Waals surface area contributed by atoms with Crippen molar-refractivity contribution in [2.75, 3.05) is 0 Å². The molecule has 0 aromatic heterocycles. The Morgan fingerprint density at radius 3 is 2.71 bits per heavy atom. The van der Waals surface area contributed by atoms with Gasteiger partial charge in [0, 0.05) is 6.04 Å². The fourth-order valence-corrected chi connectivity index (χ4v) is 1.60. The van der Waals surface area contributed by atoms with Crippen LogP contribution in [0.1, 0.15) is 46.0 Å². The molecule has 0 spiro atoms. The maximum atomic E-state index is 11.6. The second-order valence-corrected chi connectivity index (χ2v) is 4.38. The van der Waals surface area contributed by atoms with Crippen molar-refractivity contribution in [2.45, 2.75) is 58.0 Å². The highest BCUT2D eigenvalue weighted by molar-refractivity contribution is 5.81. The summed E-state index contributed by atoms with van der Waals surface area (Å²) in [5.74, 6) is 0.732. The number of nitrogens with one attached hydrogen (secondary N) is 1. The van der Waals surface area contributed by atoms with Crippen molar-refractivity contribution < 1.29 is 4.79 Å². The van der Waals surface area contributed by atoms with Gasteiger partial charge in [-0.25, -0.2) is 0 Å². The lowest BCUT2D eigenvalue weighted by atomic mass is 10.1. The third kappa shape index (κ3) is 3.66. The zero-order valence-corrected chi connectivity index (χ0v) is 9.25. The molecule has 3 heteroatoms. The Morgan fingerprint density at radius 2 is 2.21 bits per heavy atom. The quantitative estimate of drug-likeness (QED) is 0.678. The summed E-state index contributed by atoms with van der Waals surface area (Å²) in [5.41, 5.74) is 5.76. The minimum absolute atomic E-state index is 0.0258. The molecule has 2 atom stereocenters. The Hall–Kier alpha value is -0.570. The number of carbonyl (C=O) groups is 1. The summed E-state index contributed by atoms with van der Waals surface area (Å²) < 4.78 is 0. The Kier molecular flexibility index (Phi) is 4.39. The number of carbonyl (C=O) groups excluding carboxylic acids is 1. The van der Waals surface area contributed by atoms with Crippen molar-refractivity contribution in [3.63, 3.8) is 0 Å². The van der Waals surface area contributed by atoms with E-state index in [4.69, 9.17) is 5.73 Å². The van der Waals surface area contributed by atoms with Gasteiger partial charge in [0.2, 0.25) is 5.91 Å². The maximum Gasteiger partial charge on any atom is 0.237 e. The number of rotatable bonds is 6. The molecule has 0 saturated heterocycles. The van der Waals surface area contributed by atoms with Gasteiger partial charge in [-0.15, -0.1) is 0 Å². The average Bonchev–Trinajstić information content (AvgIpc) is 2.96. The first-order valence-electron chi connectivity index (χ1n) is 5.71. The lowest BCUT2D eigenvalue weighted by Gasteiger charge is -2.16. The van der Waals surface area contributed by atoms with E-state index in [1.807, 2.05) is 0 Å². The summed E-state index contributed by atoms with van der Waals surface area (Å²) >= 11 is 0. The standard InChI is InChI=1S/C11H22N2O/c1-3-4-5-10(12)11(14)13-8(2)9-6-7-9/h8-10H,3-7,12H2,1-2H3,(H,13,14)/t8?,10-/m0/s1. The van der Waals surface area contributed by atoms with Crippen molar-refractivity contribution >= 4 is 5.91 Å². The Bertz CT molecular complexity index is 190. The molecule has 1 aliphatic rings. The van der Waals surface area contributed by atoms with Gasteiger partial charge in [-0.2, -0.15) is 0 Å². The van der Waals surface area contributed by atoms with Crippen molar-refractivity contribution in [3.05, 3.63) is 0 Å². The maximum absolute atomic E-state index is 11.6. The van der Waals surface area contributed by atoms with Crippen LogP contribution in [0.4, 0.5) is 0 Å². The van der Waals surface area contributed by atoms with Crippen LogP contribution in [-0.2, 0) is 4.79 Å². The molecule has 82 valence electrons. The van der Waals surface area contributed by atoms with Gasteiger partial charge in [0.05, 0.1) is 6.04 Å². The molecule has 14 heavy (non-hydrogen) atoms. The molecular formula is C11H22N2O. The molecule has 3 nitrogen and oxygen atoms in total. The van der Waals surface area contributed by atoms with Gasteiger partial charge < -0.3 is 11.1 Å². The van der Waals surface area contributed by atoms with Gasteiger partial charge in [0.25, 0.3) is 0 Å². The van der Waals surface area contributed by atoms with E-state index in [0.717, 1.165) is 19.3 Å². The summed E-state index contributed by atoms with van der Waals surface area (Å²) in [4.78, 5) is 11.6. The van der Waals surface area contributed by atoms with Gasteiger partial charge >= 0.3 is 0 Å². The highest BCUT2D eigenvalue weighted by atomic mass is 16.2. The Labute approximate surface area is 86.4 Å². The van der Waals surface area contributed by atoms with Gasteiger partial charge in [-0.05, 0) is 32.1 Å². The monoisotopic (exact) mass is 198 g/mol. The van der Waals surface area contributed by atoms with E-state index in [1.54, 1.807) is 0 Å². The summed E-state index contributed by atoms with van der Waals surface area (Å²) in [5, 5.41) is 2.99. The molecule has 0 aromatic rings. The van der Waals surface area contributed by atoms with E-state index in [2.05, 4.69) is 19.2 Å². The molecule has 0 heterocycles. The molecule has 0 radical (unpaired) electrons. The van der Waals surface area contributed by atoms with Crippen LogP contribution in [0.2, 0.25) is 0 Å². The normalized spacial score (nSPS) is 20.2. The van der Waals surface area contributed by atoms with Crippen molar-refractivity contribution in [2.24, 2.45) is 11.7 Å². The molecule has 1 unspecified atom stereocenters. The first-order chi connectivity index (χ1) is 6.65. The van der Waals surface area contributed by atoms with E-state index in [9.17, 15) is 4.79 Å². The molecule has 3 N–H and O–H groups in total. The number of nitrogens with two attached hydrogens (primary N) is 1. The number of unbranched alkanes of at least 4 members (excludes halogenated alkanes) is 1. The van der Waals surface area contributed by atoms with Crippen molar-refractivity contribution in [1.82, 2.24) is 5.32 Å². The summed E-state index contributed by atoms with van der Waals surface area (Å²) in [6.45, 7) is 4.18. The molecule has 1 amide bonds. The van der Waals surface area contributed by atoms with Crippen LogP contribution in [0.5, 0.6) is 0 Å². The highest BCUT2D eigenvalue weighted by Gasteiger charge is 2.29. The van der Waals surface area contributed by atoms with E-state index >= 15 is 0 Å². The average molecular weight is 198 g/mol. The fraction of sp³-hybridized carbons (Fsp3) is 0.909. The minimum Gasteiger partial charge on any atom is -0.352 e. The first kappa shape index (κ1) is 11.5. The van der Waals surface area contributed by atoms with Crippen LogP contribution in [0.3, 0.4) is 0 Å². The topological polar surface area (TPSA) is 55.1 Å². The van der Waals surface area contributed by atoms with Crippen LogP contribution in [0, 0.1) is 5.92 Å². The van der Waals surface area contributed by atoms with Gasteiger partial charge in [0.15, 0.2) is 0 Å². The molecule has 1 fully saturated rings. The van der Waals surface area contributed by atoms with Crippen LogP contribution in [0.15, 0.2) is 0 Å². The molecule has 0 aromatic carbocycles. The third-order valence-electron chi connectivity index (χ3n) is 2.90. The second-order valence-electron chi connectivity index (χ2n) is 4.38. The van der Waals surface area contributed by atoms with E-state index < -0.39 is 0 Å². The van der Waals surface area contributed by atoms with Gasteiger partial charge in [-0.3, -0.25) is 4.79 Å². The predicted molar refractivity (Wildman–Crippen MR) is 57.8 cm³/mol. The van der Waals surface area contributed by atoms with Gasteiger partial charge in [-0.1, -0.05) is 19.8 Å². The largest absolute Gasteiger partial charge is 0.352 e. The predicted octanol–water partition coefficient (Wildman–Crippen LogP) is 1.42. The van der Waals surface area contributed by atoms with E-state index in [0.29, 0.717) is 12.0 Å². The zero-order valence-electron chi connectivity index (χ0n) is 9.25. The second kappa shape index (κ2) is 5.35. The number of hydrogen-bond donors (Lipinski definition) is 2. The SMILES string of the molecule is CCCC[C@H](N)C(=O)NC(C)C1CC1. The summed E-state index contributed by atoms with van der Waals surface area (Å²) in [7, 11) is 0. The minimum atomic E-state index is -0.309. The number of hydrogen-bond acceptors (Lipinski definition) is 2. The fourth-order valence-electron chi connectivity index (χ4n) is 1.60. The van der Waals surface area contributed by atoms with Crippen LogP contribution >= 0.6 is 0 Å². The van der Waals surface area contributed by atoms with Crippen LogP contribution < -0.4 is 11.1 Å². The Balaban J connectivity index is 2.18. The van der Waals surface area contributed by atoms with E-state index in [-0.39, 0.29) is 11.9 Å². The van der Waals surface area contributed by atoms with Gasteiger partial charge in [0.1, 0.15) is 0 Å². The van der Waals surface area contributed by atoms with Crippen molar-refractivity contribution in [1.29, 1.82) is 0 Å². The molecule has 1 aliphatic carbocycles. The lowest BCUT2D eigenvalue weighted by molar-refractivity contribution is -0.123. The van der Waals surface area contributed by atoms with Crippen LogP contribution in [0.25, 0.3) is 0 Å². The smallest absolute Gasteiger partial charge is 0.237 e. The number of amides is 1. The van der Waals surface area contributed by atoms with E-state index in [1.165, 1.54) is 12.8 Å². The summed E-state index contributed by atoms with van der Waals surface area (Å²) in [6.07, 6.45) is 5.45. The van der Waals surface area contributed by atoms with Crippen LogP contribution in [-0.4, -0.2) is 18.0 Å². The molecular weight excluding hydrogens is 176 g/mol.